The van der Waals surface area contributed by atoms with Crippen LogP contribution in [-0.4, -0.2) is 33.2 Å². The van der Waals surface area contributed by atoms with Gasteiger partial charge in [0.1, 0.15) is 5.75 Å². The van der Waals surface area contributed by atoms with E-state index in [1.54, 1.807) is 24.3 Å². The first-order valence-electron chi connectivity index (χ1n) is 8.78. The molecular weight excluding hydrogens is 432 g/mol. The summed E-state index contributed by atoms with van der Waals surface area (Å²) < 4.78 is 32.2. The van der Waals surface area contributed by atoms with Crippen LogP contribution in [0, 0.1) is 0 Å². The zero-order valence-corrected chi connectivity index (χ0v) is 16.9. The first kappa shape index (κ1) is 18.3. The highest BCUT2D eigenvalue weighted by Gasteiger charge is 2.29. The second kappa shape index (κ2) is 7.16. The van der Waals surface area contributed by atoms with Gasteiger partial charge in [0.25, 0.3) is 5.91 Å². The van der Waals surface area contributed by atoms with Crippen LogP contribution in [0.1, 0.15) is 34.8 Å². The Morgan fingerprint density at radius 1 is 1.22 bits per heavy atom. The minimum absolute atomic E-state index is 0.150. The van der Waals surface area contributed by atoms with Crippen molar-refractivity contribution in [3.8, 4) is 5.75 Å². The van der Waals surface area contributed by atoms with Gasteiger partial charge in [-0.1, -0.05) is 22.0 Å². The molecule has 0 aromatic heterocycles. The van der Waals surface area contributed by atoms with E-state index >= 15 is 0 Å². The Labute approximate surface area is 166 Å². The summed E-state index contributed by atoms with van der Waals surface area (Å²) in [6.45, 7) is 0.987. The Morgan fingerprint density at radius 2 is 2.07 bits per heavy atom. The highest BCUT2D eigenvalue weighted by Crippen LogP contribution is 2.34. The van der Waals surface area contributed by atoms with Gasteiger partial charge in [0.2, 0.25) is 10.0 Å². The predicted octanol–water partition coefficient (Wildman–Crippen LogP) is 3.24. The fourth-order valence-electron chi connectivity index (χ4n) is 3.49. The summed E-state index contributed by atoms with van der Waals surface area (Å²) in [6.07, 6.45) is 1.28. The van der Waals surface area contributed by atoms with Crippen molar-refractivity contribution in [2.24, 2.45) is 0 Å². The molecule has 1 amide bonds. The number of anilines is 1. The van der Waals surface area contributed by atoms with Gasteiger partial charge >= 0.3 is 0 Å². The maximum atomic E-state index is 12.8. The molecule has 2 heterocycles. The van der Waals surface area contributed by atoms with E-state index in [1.807, 2.05) is 18.2 Å². The maximum absolute atomic E-state index is 12.8. The van der Waals surface area contributed by atoms with E-state index in [9.17, 15) is 13.2 Å². The van der Waals surface area contributed by atoms with Gasteiger partial charge < -0.3 is 10.1 Å². The topological polar surface area (TPSA) is 75.7 Å². The van der Waals surface area contributed by atoms with Crippen LogP contribution in [0.2, 0.25) is 0 Å². The molecule has 1 N–H and O–H groups in total. The second-order valence-electron chi connectivity index (χ2n) is 6.64. The zero-order valence-electron chi connectivity index (χ0n) is 14.5. The molecule has 2 aromatic carbocycles. The highest BCUT2D eigenvalue weighted by atomic mass is 79.9. The molecule has 1 fully saturated rings. The van der Waals surface area contributed by atoms with Crippen molar-refractivity contribution in [1.82, 2.24) is 5.32 Å². The van der Waals surface area contributed by atoms with Crippen molar-refractivity contribution in [3.63, 3.8) is 0 Å². The fourth-order valence-corrected chi connectivity index (χ4v) is 5.42. The molecule has 0 aliphatic carbocycles. The van der Waals surface area contributed by atoms with Crippen molar-refractivity contribution in [3.05, 3.63) is 58.1 Å². The van der Waals surface area contributed by atoms with Crippen molar-refractivity contribution in [2.75, 3.05) is 23.2 Å². The average molecular weight is 451 g/mol. The van der Waals surface area contributed by atoms with Gasteiger partial charge in [-0.2, -0.15) is 0 Å². The molecule has 142 valence electrons. The number of carbonyl (C=O) groups is 1. The quantitative estimate of drug-likeness (QED) is 0.778. The van der Waals surface area contributed by atoms with E-state index < -0.39 is 10.0 Å². The minimum atomic E-state index is -3.27. The van der Waals surface area contributed by atoms with Gasteiger partial charge in [-0.15, -0.1) is 0 Å². The Bertz CT molecular complexity index is 993. The first-order valence-corrected chi connectivity index (χ1v) is 11.2. The third-order valence-corrected chi connectivity index (χ3v) is 7.18. The standard InChI is InChI=1S/C19H19BrN2O4S/c20-14-5-6-18-16(12-14)17(7-9-26-18)21-19(23)13-3-1-4-15(11-13)22-8-2-10-27(22,24)25/h1,3-6,11-12,17H,2,7-10H2,(H,21,23). The maximum Gasteiger partial charge on any atom is 0.251 e. The predicted molar refractivity (Wildman–Crippen MR) is 107 cm³/mol. The van der Waals surface area contributed by atoms with E-state index in [4.69, 9.17) is 4.74 Å². The molecule has 1 atom stereocenters. The molecular formula is C19H19BrN2O4S. The molecule has 0 saturated carbocycles. The molecule has 27 heavy (non-hydrogen) atoms. The summed E-state index contributed by atoms with van der Waals surface area (Å²) in [7, 11) is -3.27. The monoisotopic (exact) mass is 450 g/mol. The van der Waals surface area contributed by atoms with E-state index in [0.717, 1.165) is 15.8 Å². The number of halogens is 1. The number of carbonyl (C=O) groups excluding carboxylic acids is 1. The van der Waals surface area contributed by atoms with Crippen LogP contribution < -0.4 is 14.4 Å². The lowest BCUT2D eigenvalue weighted by atomic mass is 10.00. The molecule has 0 bridgehead atoms. The summed E-state index contributed by atoms with van der Waals surface area (Å²) in [5.74, 6) is 0.690. The first-order chi connectivity index (χ1) is 12.9. The molecule has 1 saturated heterocycles. The van der Waals surface area contributed by atoms with Crippen LogP contribution >= 0.6 is 15.9 Å². The summed E-state index contributed by atoms with van der Waals surface area (Å²) in [5.41, 5.74) is 1.91. The Balaban J connectivity index is 1.57. The number of ether oxygens (including phenoxy) is 1. The van der Waals surface area contributed by atoms with E-state index in [1.165, 1.54) is 4.31 Å². The number of fused-ring (bicyclic) bond motifs is 1. The molecule has 1 unspecified atom stereocenters. The highest BCUT2D eigenvalue weighted by molar-refractivity contribution is 9.10. The molecule has 6 nitrogen and oxygen atoms in total. The number of amides is 1. The number of rotatable bonds is 3. The summed E-state index contributed by atoms with van der Waals surface area (Å²) in [6, 6.07) is 12.4. The molecule has 2 aliphatic heterocycles. The molecule has 4 rings (SSSR count). The Kier molecular flexibility index (Phi) is 4.86. The summed E-state index contributed by atoms with van der Waals surface area (Å²) >= 11 is 3.46. The lowest BCUT2D eigenvalue weighted by Crippen LogP contribution is -2.32. The van der Waals surface area contributed by atoms with Gasteiger partial charge in [0.15, 0.2) is 0 Å². The van der Waals surface area contributed by atoms with Crippen LogP contribution in [0.15, 0.2) is 46.9 Å². The summed E-state index contributed by atoms with van der Waals surface area (Å²) in [4.78, 5) is 12.8. The summed E-state index contributed by atoms with van der Waals surface area (Å²) in [5, 5.41) is 3.05. The van der Waals surface area contributed by atoms with Crippen molar-refractivity contribution in [2.45, 2.75) is 18.9 Å². The van der Waals surface area contributed by atoms with Crippen molar-refractivity contribution in [1.29, 1.82) is 0 Å². The number of nitrogens with one attached hydrogen (secondary N) is 1. The van der Waals surface area contributed by atoms with Crippen LogP contribution in [0.3, 0.4) is 0 Å². The molecule has 0 radical (unpaired) electrons. The van der Waals surface area contributed by atoms with E-state index in [2.05, 4.69) is 21.2 Å². The van der Waals surface area contributed by atoms with Crippen molar-refractivity contribution < 1.29 is 17.9 Å². The fraction of sp³-hybridized carbons (Fsp3) is 0.316. The molecule has 2 aliphatic rings. The number of nitrogens with zero attached hydrogens (tertiary/aromatic N) is 1. The van der Waals surface area contributed by atoms with Crippen LogP contribution in [0.4, 0.5) is 5.69 Å². The van der Waals surface area contributed by atoms with E-state index in [-0.39, 0.29) is 17.7 Å². The van der Waals surface area contributed by atoms with Crippen LogP contribution in [0.5, 0.6) is 5.75 Å². The van der Waals surface area contributed by atoms with Gasteiger partial charge in [-0.05, 0) is 42.8 Å². The average Bonchev–Trinajstić information content (AvgIpc) is 3.01. The number of hydrogen-bond donors (Lipinski definition) is 1. The number of benzene rings is 2. The SMILES string of the molecule is O=C(NC1CCOc2ccc(Br)cc21)c1cccc(N2CCCS2(=O)=O)c1. The Morgan fingerprint density at radius 3 is 2.85 bits per heavy atom. The van der Waals surface area contributed by atoms with Crippen molar-refractivity contribution >= 4 is 37.5 Å². The molecule has 2 aromatic rings. The number of sulfonamides is 1. The van der Waals surface area contributed by atoms with Gasteiger partial charge in [0, 0.05) is 28.6 Å². The third kappa shape index (κ3) is 3.68. The molecule has 8 heteroatoms. The number of hydrogen-bond acceptors (Lipinski definition) is 4. The van der Waals surface area contributed by atoms with Crippen LogP contribution in [-0.2, 0) is 10.0 Å². The lowest BCUT2D eigenvalue weighted by Gasteiger charge is -2.27. The molecule has 0 spiro atoms. The van der Waals surface area contributed by atoms with Crippen LogP contribution in [0.25, 0.3) is 0 Å². The van der Waals surface area contributed by atoms with Gasteiger partial charge in [0.05, 0.1) is 24.1 Å². The largest absolute Gasteiger partial charge is 0.493 e. The van der Waals surface area contributed by atoms with Gasteiger partial charge in [-0.3, -0.25) is 9.10 Å². The normalized spacial score (nSPS) is 20.6. The van der Waals surface area contributed by atoms with Gasteiger partial charge in [-0.25, -0.2) is 8.42 Å². The zero-order chi connectivity index (χ0) is 19.0. The van der Waals surface area contributed by atoms with E-state index in [0.29, 0.717) is 37.2 Å². The Hall–Kier alpha value is -2.06. The lowest BCUT2D eigenvalue weighted by molar-refractivity contribution is 0.0925. The second-order valence-corrected chi connectivity index (χ2v) is 9.57. The minimum Gasteiger partial charge on any atom is -0.493 e. The smallest absolute Gasteiger partial charge is 0.251 e. The third-order valence-electron chi connectivity index (χ3n) is 4.81.